The summed E-state index contributed by atoms with van der Waals surface area (Å²) in [6.07, 6.45) is 3.31. The van der Waals surface area contributed by atoms with Crippen molar-refractivity contribution in [3.8, 4) is 17.2 Å². The minimum atomic E-state index is -0.728. The molecule has 180 valence electrons. The fraction of sp³-hybridized carbons (Fsp3) is 0.292. The highest BCUT2D eigenvalue weighted by molar-refractivity contribution is 6.06. The van der Waals surface area contributed by atoms with Gasteiger partial charge in [-0.25, -0.2) is 4.39 Å². The fourth-order valence-electron chi connectivity index (χ4n) is 3.03. The Morgan fingerprint density at radius 2 is 1.97 bits per heavy atom. The number of aliphatic hydroxyl groups is 1. The molecule has 1 heterocycles. The summed E-state index contributed by atoms with van der Waals surface area (Å²) in [6.45, 7) is 2.70. The van der Waals surface area contributed by atoms with Gasteiger partial charge in [0, 0.05) is 37.3 Å². The van der Waals surface area contributed by atoms with E-state index in [4.69, 9.17) is 15.2 Å². The van der Waals surface area contributed by atoms with Crippen LogP contribution in [-0.4, -0.2) is 60.5 Å². The molecule has 0 spiro atoms. The van der Waals surface area contributed by atoms with Gasteiger partial charge in [-0.2, -0.15) is 4.99 Å². The number of ether oxygens (including phenoxy) is 2. The summed E-state index contributed by atoms with van der Waals surface area (Å²) in [6, 6.07) is 8.21. The number of carbonyl (C=O) groups excluding carboxylic acids is 2. The molecule has 0 aromatic heterocycles. The number of rotatable bonds is 9. The molecule has 3 rings (SSSR count). The van der Waals surface area contributed by atoms with Gasteiger partial charge in [0.1, 0.15) is 23.4 Å². The molecule has 10 heteroatoms. The Balaban J connectivity index is 1.88. The third-order valence-electron chi connectivity index (χ3n) is 4.92. The van der Waals surface area contributed by atoms with Crippen LogP contribution in [-0.2, 0) is 0 Å². The molecule has 0 aliphatic carbocycles. The number of carbonyl (C=O) groups is 2. The first-order valence-electron chi connectivity index (χ1n) is 10.7. The Morgan fingerprint density at radius 3 is 2.59 bits per heavy atom. The summed E-state index contributed by atoms with van der Waals surface area (Å²) >= 11 is 0. The van der Waals surface area contributed by atoms with Gasteiger partial charge in [0.05, 0.1) is 6.61 Å². The van der Waals surface area contributed by atoms with Gasteiger partial charge in [-0.15, -0.1) is 0 Å². The number of benzene rings is 2. The second-order valence-electron chi connectivity index (χ2n) is 7.66. The van der Waals surface area contributed by atoms with Gasteiger partial charge < -0.3 is 30.5 Å². The van der Waals surface area contributed by atoms with E-state index in [0.29, 0.717) is 13.1 Å². The third-order valence-corrected chi connectivity index (χ3v) is 4.92. The van der Waals surface area contributed by atoms with Crippen molar-refractivity contribution in [1.29, 1.82) is 0 Å². The van der Waals surface area contributed by atoms with Gasteiger partial charge >= 0.3 is 0 Å². The van der Waals surface area contributed by atoms with Crippen LogP contribution in [0.15, 0.2) is 53.7 Å². The van der Waals surface area contributed by atoms with Crippen molar-refractivity contribution >= 4 is 17.6 Å². The van der Waals surface area contributed by atoms with Crippen LogP contribution in [0.25, 0.3) is 0 Å². The molecular weight excluding hydrogens is 443 g/mol. The van der Waals surface area contributed by atoms with E-state index in [0.717, 1.165) is 12.5 Å². The summed E-state index contributed by atoms with van der Waals surface area (Å²) in [5, 5.41) is 12.0. The van der Waals surface area contributed by atoms with Crippen LogP contribution >= 0.6 is 0 Å². The summed E-state index contributed by atoms with van der Waals surface area (Å²) in [4.78, 5) is 30.4. The van der Waals surface area contributed by atoms with Gasteiger partial charge in [-0.1, -0.05) is 0 Å². The maximum atomic E-state index is 14.7. The largest absolute Gasteiger partial charge is 0.488 e. The van der Waals surface area contributed by atoms with Gasteiger partial charge in [0.2, 0.25) is 0 Å². The van der Waals surface area contributed by atoms with Crippen LogP contribution < -0.4 is 20.5 Å². The lowest BCUT2D eigenvalue weighted by Gasteiger charge is -2.30. The Labute approximate surface area is 196 Å². The van der Waals surface area contributed by atoms with E-state index in [9.17, 15) is 19.1 Å². The number of nitrogens with zero attached hydrogens (tertiary/aromatic N) is 2. The molecule has 0 radical (unpaired) electrons. The van der Waals surface area contributed by atoms with E-state index in [1.807, 2.05) is 0 Å². The standard InChI is InChI=1S/C24H27FN4O5/c1-15(14-30)33-18-10-17(23(31)28-22(26)6-7-27-2)11-19(13-18)34-21-5-4-16(12-20(21)25)24(32)29-8-3-9-29/h4-7,10-13,15,27,30H,3,8-9,14H2,1-2H3,(H2,26,28,31)/b7-6-/t15-/m0/s1. The molecule has 2 aromatic rings. The van der Waals surface area contributed by atoms with Crippen LogP contribution in [0, 0.1) is 5.82 Å². The molecule has 2 amide bonds. The predicted molar refractivity (Wildman–Crippen MR) is 125 cm³/mol. The summed E-state index contributed by atoms with van der Waals surface area (Å²) < 4.78 is 26.0. The zero-order valence-corrected chi connectivity index (χ0v) is 19.0. The lowest BCUT2D eigenvalue weighted by atomic mass is 10.1. The smallest absolute Gasteiger partial charge is 0.279 e. The highest BCUT2D eigenvalue weighted by atomic mass is 19.1. The van der Waals surface area contributed by atoms with Crippen LogP contribution in [0.2, 0.25) is 0 Å². The average Bonchev–Trinajstić information content (AvgIpc) is 2.77. The lowest BCUT2D eigenvalue weighted by Crippen LogP contribution is -2.42. The van der Waals surface area contributed by atoms with Crippen molar-refractivity contribution in [3.05, 3.63) is 65.6 Å². The van der Waals surface area contributed by atoms with E-state index in [2.05, 4.69) is 10.3 Å². The molecule has 1 aliphatic rings. The zero-order valence-electron chi connectivity index (χ0n) is 19.0. The van der Waals surface area contributed by atoms with Crippen molar-refractivity contribution in [3.63, 3.8) is 0 Å². The molecule has 1 saturated heterocycles. The van der Waals surface area contributed by atoms with Crippen LogP contribution in [0.1, 0.15) is 34.1 Å². The highest BCUT2D eigenvalue weighted by Gasteiger charge is 2.22. The van der Waals surface area contributed by atoms with Crippen molar-refractivity contribution in [2.45, 2.75) is 19.4 Å². The van der Waals surface area contributed by atoms with Crippen molar-refractivity contribution in [2.24, 2.45) is 10.7 Å². The fourth-order valence-corrected chi connectivity index (χ4v) is 3.03. The predicted octanol–water partition coefficient (Wildman–Crippen LogP) is 2.45. The van der Waals surface area contributed by atoms with Crippen LogP contribution in [0.3, 0.4) is 0 Å². The van der Waals surface area contributed by atoms with Crippen LogP contribution in [0.4, 0.5) is 4.39 Å². The minimum absolute atomic E-state index is 0.0228. The molecule has 4 N–H and O–H groups in total. The number of halogens is 1. The monoisotopic (exact) mass is 470 g/mol. The Bertz CT molecular complexity index is 1110. The Kier molecular flexibility index (Phi) is 8.20. The first kappa shape index (κ1) is 24.7. The van der Waals surface area contributed by atoms with Gasteiger partial charge in [-0.05, 0) is 56.0 Å². The molecule has 0 bridgehead atoms. The van der Waals surface area contributed by atoms with Crippen molar-refractivity contribution in [1.82, 2.24) is 10.2 Å². The minimum Gasteiger partial charge on any atom is -0.488 e. The van der Waals surface area contributed by atoms with Crippen molar-refractivity contribution < 1.29 is 28.6 Å². The number of amidine groups is 1. The number of nitrogens with one attached hydrogen (secondary N) is 1. The summed E-state index contributed by atoms with van der Waals surface area (Å²) in [7, 11) is 1.67. The van der Waals surface area contributed by atoms with Gasteiger partial charge in [0.25, 0.3) is 11.8 Å². The number of amides is 2. The highest BCUT2D eigenvalue weighted by Crippen LogP contribution is 2.31. The van der Waals surface area contributed by atoms with Gasteiger partial charge in [-0.3, -0.25) is 9.59 Å². The van der Waals surface area contributed by atoms with Gasteiger partial charge in [0.15, 0.2) is 11.6 Å². The number of aliphatic imine (C=N–C) groups is 1. The number of hydrogen-bond donors (Lipinski definition) is 3. The molecule has 0 unspecified atom stereocenters. The molecule has 0 saturated carbocycles. The van der Waals surface area contributed by atoms with Crippen molar-refractivity contribution in [2.75, 3.05) is 26.7 Å². The second kappa shape index (κ2) is 11.3. The quantitative estimate of drug-likeness (QED) is 0.380. The Morgan fingerprint density at radius 1 is 1.24 bits per heavy atom. The zero-order chi connectivity index (χ0) is 24.7. The summed E-state index contributed by atoms with van der Waals surface area (Å²) in [5.41, 5.74) is 6.04. The molecule has 1 atom stereocenters. The molecule has 9 nitrogen and oxygen atoms in total. The average molecular weight is 471 g/mol. The van der Waals surface area contributed by atoms with E-state index in [1.165, 1.54) is 42.6 Å². The number of aliphatic hydroxyl groups excluding tert-OH is 1. The first-order valence-corrected chi connectivity index (χ1v) is 10.7. The third kappa shape index (κ3) is 6.32. The SMILES string of the molecule is CN/C=C\C(N)=NC(=O)c1cc(Oc2ccc(C(=O)N3CCC3)cc2F)cc(O[C@@H](C)CO)c1. The first-order chi connectivity index (χ1) is 16.3. The second-order valence-corrected chi connectivity index (χ2v) is 7.66. The van der Waals surface area contributed by atoms with E-state index >= 15 is 0 Å². The maximum Gasteiger partial charge on any atom is 0.279 e. The number of nitrogens with two attached hydrogens (primary N) is 1. The normalized spacial score (nSPS) is 14.5. The molecular formula is C24H27FN4O5. The van der Waals surface area contributed by atoms with E-state index < -0.39 is 17.8 Å². The topological polar surface area (TPSA) is 126 Å². The molecule has 1 aliphatic heterocycles. The number of likely N-dealkylation sites (tertiary alicyclic amines) is 1. The van der Waals surface area contributed by atoms with Crippen LogP contribution in [0.5, 0.6) is 17.2 Å². The summed E-state index contributed by atoms with van der Waals surface area (Å²) in [5.74, 6) is -1.47. The lowest BCUT2D eigenvalue weighted by molar-refractivity contribution is 0.0651. The van der Waals surface area contributed by atoms with E-state index in [-0.39, 0.29) is 46.7 Å². The molecule has 1 fully saturated rings. The molecule has 2 aromatic carbocycles. The van der Waals surface area contributed by atoms with E-state index in [1.54, 1.807) is 18.9 Å². The molecule has 34 heavy (non-hydrogen) atoms. The Hall–Kier alpha value is -3.92. The number of hydrogen-bond acceptors (Lipinski definition) is 6. The maximum absolute atomic E-state index is 14.7.